The van der Waals surface area contributed by atoms with Crippen LogP contribution in [0.4, 0.5) is 5.82 Å². The van der Waals surface area contributed by atoms with Crippen LogP contribution in [0.3, 0.4) is 0 Å². The van der Waals surface area contributed by atoms with E-state index in [2.05, 4.69) is 22.0 Å². The molecule has 0 aliphatic carbocycles. The lowest BCUT2D eigenvalue weighted by molar-refractivity contribution is -0.903. The Balaban J connectivity index is 1.41. The van der Waals surface area contributed by atoms with Crippen LogP contribution in [0.5, 0.6) is 5.75 Å². The number of hydrogen-bond acceptors (Lipinski definition) is 3. The first kappa shape index (κ1) is 16.7. The van der Waals surface area contributed by atoms with Gasteiger partial charge in [-0.25, -0.2) is 4.98 Å². The molecule has 0 saturated carbocycles. The molecule has 0 radical (unpaired) electrons. The highest BCUT2D eigenvalue weighted by atomic mass is 16.5. The van der Waals surface area contributed by atoms with Crippen molar-refractivity contribution in [3.8, 4) is 5.75 Å². The zero-order chi connectivity index (χ0) is 16.8. The number of anilines is 1. The van der Waals surface area contributed by atoms with E-state index in [1.165, 1.54) is 16.3 Å². The van der Waals surface area contributed by atoms with E-state index in [1.54, 1.807) is 0 Å². The number of aliphatic hydroxyl groups is 1. The van der Waals surface area contributed by atoms with E-state index in [0.717, 1.165) is 38.5 Å². The molecule has 0 spiro atoms. The van der Waals surface area contributed by atoms with Crippen LogP contribution in [0.1, 0.15) is 5.56 Å². The fraction of sp³-hybridized carbons (Fsp3) is 0.421. The van der Waals surface area contributed by atoms with Gasteiger partial charge in [0.1, 0.15) is 51.2 Å². The van der Waals surface area contributed by atoms with Gasteiger partial charge < -0.3 is 14.7 Å². The lowest BCUT2D eigenvalue weighted by Crippen LogP contribution is -3.16. The zero-order valence-electron chi connectivity index (χ0n) is 14.2. The van der Waals surface area contributed by atoms with Crippen LogP contribution in [0, 0.1) is 6.92 Å². The average molecular weight is 329 g/mol. The van der Waals surface area contributed by atoms with E-state index in [0.29, 0.717) is 6.61 Å². The molecule has 1 aliphatic rings. The second kappa shape index (κ2) is 8.13. The van der Waals surface area contributed by atoms with Crippen molar-refractivity contribution >= 4 is 5.82 Å². The third kappa shape index (κ3) is 4.69. The number of aromatic amines is 1. The second-order valence-electron chi connectivity index (χ2n) is 6.47. The van der Waals surface area contributed by atoms with Crippen LogP contribution >= 0.6 is 0 Å². The zero-order valence-corrected chi connectivity index (χ0v) is 14.2. The topological polar surface area (TPSA) is 51.3 Å². The summed E-state index contributed by atoms with van der Waals surface area (Å²) in [5.41, 5.74) is 1.17. The number of H-pyrrole nitrogens is 1. The molecule has 0 unspecified atom stereocenters. The summed E-state index contributed by atoms with van der Waals surface area (Å²) in [5.74, 6) is 1.99. The summed E-state index contributed by atoms with van der Waals surface area (Å²) < 4.78 is 5.70. The average Bonchev–Trinajstić information content (AvgIpc) is 2.61. The third-order valence-electron chi connectivity index (χ3n) is 4.46. The molecule has 0 amide bonds. The smallest absolute Gasteiger partial charge is 0.274 e. The molecular weight excluding hydrogens is 302 g/mol. The highest BCUT2D eigenvalue weighted by Crippen LogP contribution is 2.12. The Morgan fingerprint density at radius 2 is 2.04 bits per heavy atom. The molecule has 0 bridgehead atoms. The minimum absolute atomic E-state index is 0.350. The minimum Gasteiger partial charge on any atom is -0.491 e. The predicted octanol–water partition coefficient (Wildman–Crippen LogP) is -0.0461. The molecular formula is C19H27N3O2+2. The maximum Gasteiger partial charge on any atom is 0.274 e. The van der Waals surface area contributed by atoms with Gasteiger partial charge in [0.15, 0.2) is 0 Å². The molecule has 3 N–H and O–H groups in total. The van der Waals surface area contributed by atoms with Crippen molar-refractivity contribution < 1.29 is 19.7 Å². The van der Waals surface area contributed by atoms with Gasteiger partial charge in [-0.1, -0.05) is 18.2 Å². The summed E-state index contributed by atoms with van der Waals surface area (Å²) >= 11 is 0. The van der Waals surface area contributed by atoms with Gasteiger partial charge in [0.05, 0.1) is 6.20 Å². The van der Waals surface area contributed by atoms with Gasteiger partial charge in [0, 0.05) is 6.07 Å². The number of benzene rings is 1. The fourth-order valence-electron chi connectivity index (χ4n) is 3.14. The van der Waals surface area contributed by atoms with Crippen LogP contribution < -0.4 is 19.5 Å². The van der Waals surface area contributed by atoms with Crippen LogP contribution in [0.15, 0.2) is 48.7 Å². The van der Waals surface area contributed by atoms with E-state index in [4.69, 9.17) is 4.74 Å². The number of nitrogens with one attached hydrogen (secondary N) is 2. The molecule has 5 heteroatoms. The molecule has 1 saturated heterocycles. The first-order valence-corrected chi connectivity index (χ1v) is 8.63. The van der Waals surface area contributed by atoms with Crippen LogP contribution in [0.25, 0.3) is 0 Å². The number of ether oxygens (including phenoxy) is 1. The number of aliphatic hydroxyl groups excluding tert-OH is 1. The second-order valence-corrected chi connectivity index (χ2v) is 6.47. The molecule has 128 valence electrons. The molecule has 1 aliphatic heterocycles. The van der Waals surface area contributed by atoms with Crippen LogP contribution in [-0.2, 0) is 0 Å². The Bertz CT molecular complexity index is 628. The van der Waals surface area contributed by atoms with Crippen molar-refractivity contribution in [2.24, 2.45) is 0 Å². The minimum atomic E-state index is -0.435. The van der Waals surface area contributed by atoms with Gasteiger partial charge in [-0.05, 0) is 30.7 Å². The number of rotatable bonds is 6. The molecule has 1 fully saturated rings. The number of piperazine rings is 1. The predicted molar refractivity (Wildman–Crippen MR) is 93.5 cm³/mol. The number of hydrogen-bond donors (Lipinski definition) is 2. The Labute approximate surface area is 143 Å². The summed E-state index contributed by atoms with van der Waals surface area (Å²) in [7, 11) is 0. The first-order chi connectivity index (χ1) is 11.7. The molecule has 1 atom stereocenters. The van der Waals surface area contributed by atoms with Gasteiger partial charge in [-0.15, -0.1) is 0 Å². The Morgan fingerprint density at radius 3 is 2.75 bits per heavy atom. The number of quaternary nitrogens is 1. The van der Waals surface area contributed by atoms with Gasteiger partial charge in [-0.2, -0.15) is 0 Å². The van der Waals surface area contributed by atoms with Crippen molar-refractivity contribution in [3.63, 3.8) is 0 Å². The van der Waals surface area contributed by atoms with Crippen LogP contribution in [-0.4, -0.2) is 50.5 Å². The molecule has 3 rings (SSSR count). The molecule has 5 nitrogen and oxygen atoms in total. The Hall–Kier alpha value is -2.11. The molecule has 24 heavy (non-hydrogen) atoms. The summed E-state index contributed by atoms with van der Waals surface area (Å²) in [6.45, 7) is 7.19. The van der Waals surface area contributed by atoms with Crippen molar-refractivity contribution in [2.75, 3.05) is 44.2 Å². The summed E-state index contributed by atoms with van der Waals surface area (Å²) in [6, 6.07) is 14.1. The van der Waals surface area contributed by atoms with Gasteiger partial charge in [0.25, 0.3) is 5.82 Å². The van der Waals surface area contributed by atoms with Gasteiger partial charge in [0.2, 0.25) is 0 Å². The van der Waals surface area contributed by atoms with E-state index in [-0.39, 0.29) is 0 Å². The number of aryl methyl sites for hydroxylation is 1. The van der Waals surface area contributed by atoms with Crippen molar-refractivity contribution in [1.29, 1.82) is 0 Å². The SMILES string of the molecule is Cc1cccc(OC[C@@H](O)C[NH+]2CCN(c3cccc[nH+]3)CC2)c1. The summed E-state index contributed by atoms with van der Waals surface area (Å²) in [6.07, 6.45) is 1.52. The lowest BCUT2D eigenvalue weighted by atomic mass is 10.2. The normalized spacial score (nSPS) is 16.8. The van der Waals surface area contributed by atoms with E-state index >= 15 is 0 Å². The van der Waals surface area contributed by atoms with Crippen molar-refractivity contribution in [1.82, 2.24) is 0 Å². The van der Waals surface area contributed by atoms with Gasteiger partial charge in [-0.3, -0.25) is 4.90 Å². The fourth-order valence-corrected chi connectivity index (χ4v) is 3.14. The quantitative estimate of drug-likeness (QED) is 0.782. The number of pyridine rings is 1. The molecule has 1 aromatic heterocycles. The highest BCUT2D eigenvalue weighted by Gasteiger charge is 2.27. The van der Waals surface area contributed by atoms with Crippen molar-refractivity contribution in [2.45, 2.75) is 13.0 Å². The van der Waals surface area contributed by atoms with E-state index in [1.807, 2.05) is 43.5 Å². The highest BCUT2D eigenvalue weighted by molar-refractivity contribution is 5.32. The third-order valence-corrected chi connectivity index (χ3v) is 4.46. The van der Waals surface area contributed by atoms with Crippen LogP contribution in [0.2, 0.25) is 0 Å². The molecule has 1 aromatic carbocycles. The first-order valence-electron chi connectivity index (χ1n) is 8.63. The largest absolute Gasteiger partial charge is 0.491 e. The summed E-state index contributed by atoms with van der Waals surface area (Å²) in [4.78, 5) is 7.08. The summed E-state index contributed by atoms with van der Waals surface area (Å²) in [5, 5.41) is 10.2. The maximum absolute atomic E-state index is 10.2. The molecule has 2 aromatic rings. The monoisotopic (exact) mass is 329 g/mol. The van der Waals surface area contributed by atoms with Gasteiger partial charge >= 0.3 is 0 Å². The maximum atomic E-state index is 10.2. The number of aromatic nitrogens is 1. The van der Waals surface area contributed by atoms with E-state index in [9.17, 15) is 5.11 Å². The lowest BCUT2D eigenvalue weighted by Gasteiger charge is -2.29. The standard InChI is InChI=1S/C19H25N3O2/c1-16-5-4-6-18(13-16)24-15-17(23)14-21-9-11-22(12-10-21)19-7-2-3-8-20-19/h2-8,13,17,23H,9-12,14-15H2,1H3/p+2/t17-/m0/s1. The Kier molecular flexibility index (Phi) is 5.67. The Morgan fingerprint density at radius 1 is 1.21 bits per heavy atom. The number of nitrogens with zero attached hydrogens (tertiary/aromatic N) is 1. The van der Waals surface area contributed by atoms with Crippen molar-refractivity contribution in [3.05, 3.63) is 54.2 Å². The molecule has 2 heterocycles. The van der Waals surface area contributed by atoms with E-state index < -0.39 is 6.10 Å².